The number of piperidine rings is 1. The van der Waals surface area contributed by atoms with Gasteiger partial charge in [0.15, 0.2) is 0 Å². The third-order valence-corrected chi connectivity index (χ3v) is 4.56. The lowest BCUT2D eigenvalue weighted by Gasteiger charge is -2.33. The number of aromatic nitrogens is 2. The minimum absolute atomic E-state index is 0.0497. The zero-order valence-electron chi connectivity index (χ0n) is 15.5. The van der Waals surface area contributed by atoms with Crippen molar-refractivity contribution in [2.45, 2.75) is 66.0 Å². The van der Waals surface area contributed by atoms with E-state index in [1.165, 1.54) is 0 Å². The number of aryl methyl sites for hydroxylation is 2. The Hall–Kier alpha value is -1.85. The number of rotatable bonds is 3. The Morgan fingerprint density at radius 1 is 1.29 bits per heavy atom. The summed E-state index contributed by atoms with van der Waals surface area (Å²) in [7, 11) is 0. The van der Waals surface area contributed by atoms with Crippen molar-refractivity contribution in [3.05, 3.63) is 27.9 Å². The maximum Gasteiger partial charge on any atom is 0.410 e. The van der Waals surface area contributed by atoms with Crippen LogP contribution in [0.15, 0.2) is 11.1 Å². The Labute approximate surface area is 143 Å². The van der Waals surface area contributed by atoms with E-state index < -0.39 is 5.60 Å². The summed E-state index contributed by atoms with van der Waals surface area (Å²) in [4.78, 5) is 30.3. The highest BCUT2D eigenvalue weighted by Gasteiger charge is 2.26. The fourth-order valence-corrected chi connectivity index (χ4v) is 2.89. The van der Waals surface area contributed by atoms with Crippen LogP contribution in [0.1, 0.15) is 51.3 Å². The van der Waals surface area contributed by atoms with Crippen molar-refractivity contribution in [2.75, 3.05) is 13.1 Å². The summed E-state index contributed by atoms with van der Waals surface area (Å²) in [5.41, 5.74) is 1.11. The first-order valence-electron chi connectivity index (χ1n) is 8.68. The van der Waals surface area contributed by atoms with Crippen molar-refractivity contribution in [1.29, 1.82) is 0 Å². The van der Waals surface area contributed by atoms with Gasteiger partial charge in [0.1, 0.15) is 5.60 Å². The SMILES string of the molecule is Cc1ncn(CCC2CCN(C(=O)OC(C)(C)C)CC2)c(=O)c1C. The molecule has 0 N–H and O–H groups in total. The molecule has 0 spiro atoms. The summed E-state index contributed by atoms with van der Waals surface area (Å²) in [5, 5.41) is 0. The molecule has 1 fully saturated rings. The maximum atomic E-state index is 12.2. The number of ether oxygens (including phenoxy) is 1. The van der Waals surface area contributed by atoms with Crippen molar-refractivity contribution < 1.29 is 9.53 Å². The third kappa shape index (κ3) is 4.82. The van der Waals surface area contributed by atoms with Crippen molar-refractivity contribution in [2.24, 2.45) is 5.92 Å². The van der Waals surface area contributed by atoms with E-state index in [2.05, 4.69) is 4.98 Å². The number of carbonyl (C=O) groups excluding carboxylic acids is 1. The van der Waals surface area contributed by atoms with Gasteiger partial charge in [0.2, 0.25) is 0 Å². The van der Waals surface area contributed by atoms with E-state index in [0.717, 1.165) is 43.6 Å². The molecule has 0 aliphatic carbocycles. The van der Waals surface area contributed by atoms with Crippen LogP contribution < -0.4 is 5.56 Å². The molecule has 0 bridgehead atoms. The molecule has 1 aromatic heterocycles. The number of hydrogen-bond acceptors (Lipinski definition) is 4. The van der Waals surface area contributed by atoms with E-state index in [9.17, 15) is 9.59 Å². The Morgan fingerprint density at radius 3 is 2.50 bits per heavy atom. The molecule has 2 rings (SSSR count). The molecule has 24 heavy (non-hydrogen) atoms. The van der Waals surface area contributed by atoms with Crippen molar-refractivity contribution in [1.82, 2.24) is 14.5 Å². The molecule has 1 aliphatic heterocycles. The van der Waals surface area contributed by atoms with Crippen LogP contribution in [0.4, 0.5) is 4.79 Å². The highest BCUT2D eigenvalue weighted by atomic mass is 16.6. The Morgan fingerprint density at radius 2 is 1.92 bits per heavy atom. The van der Waals surface area contributed by atoms with Gasteiger partial charge in [0.05, 0.1) is 6.33 Å². The summed E-state index contributed by atoms with van der Waals surface area (Å²) >= 11 is 0. The van der Waals surface area contributed by atoms with Gasteiger partial charge >= 0.3 is 6.09 Å². The summed E-state index contributed by atoms with van der Waals surface area (Å²) in [5.74, 6) is 0.525. The zero-order valence-corrected chi connectivity index (χ0v) is 15.5. The predicted octanol–water partition coefficient (Wildman–Crippen LogP) is 2.90. The molecular weight excluding hydrogens is 306 g/mol. The van der Waals surface area contributed by atoms with Gasteiger partial charge in [-0.1, -0.05) is 0 Å². The minimum atomic E-state index is -0.453. The van der Waals surface area contributed by atoms with E-state index in [1.54, 1.807) is 15.8 Å². The zero-order chi connectivity index (χ0) is 17.9. The number of likely N-dealkylation sites (tertiary alicyclic amines) is 1. The first-order valence-corrected chi connectivity index (χ1v) is 8.68. The number of amides is 1. The molecule has 1 aromatic rings. The van der Waals surface area contributed by atoms with Crippen LogP contribution in [0, 0.1) is 19.8 Å². The molecule has 2 heterocycles. The Balaban J connectivity index is 1.83. The molecule has 1 saturated heterocycles. The van der Waals surface area contributed by atoms with Crippen molar-refractivity contribution in [3.63, 3.8) is 0 Å². The van der Waals surface area contributed by atoms with Crippen LogP contribution in [-0.2, 0) is 11.3 Å². The molecule has 6 nitrogen and oxygen atoms in total. The second-order valence-electron chi connectivity index (χ2n) is 7.65. The first-order chi connectivity index (χ1) is 11.2. The van der Waals surface area contributed by atoms with E-state index in [0.29, 0.717) is 12.5 Å². The predicted molar refractivity (Wildman–Crippen MR) is 93.1 cm³/mol. The monoisotopic (exact) mass is 335 g/mol. The Kier molecular flexibility index (Phi) is 5.67. The standard InChI is InChI=1S/C18H29N3O3/c1-13-14(2)19-12-21(16(13)22)11-8-15-6-9-20(10-7-15)17(23)24-18(3,4)5/h12,15H,6-11H2,1-5H3. The molecule has 0 aromatic carbocycles. The molecule has 0 saturated carbocycles. The van der Waals surface area contributed by atoms with Gasteiger partial charge in [0, 0.05) is 30.9 Å². The summed E-state index contributed by atoms with van der Waals surface area (Å²) in [6.45, 7) is 11.4. The van der Waals surface area contributed by atoms with E-state index in [4.69, 9.17) is 4.74 Å². The minimum Gasteiger partial charge on any atom is -0.444 e. The van der Waals surface area contributed by atoms with Gasteiger partial charge in [-0.15, -0.1) is 0 Å². The largest absolute Gasteiger partial charge is 0.444 e. The van der Waals surface area contributed by atoms with Gasteiger partial charge in [-0.05, 0) is 59.8 Å². The molecule has 1 amide bonds. The van der Waals surface area contributed by atoms with E-state index in [1.807, 2.05) is 34.6 Å². The maximum absolute atomic E-state index is 12.2. The molecule has 0 unspecified atom stereocenters. The second-order valence-corrected chi connectivity index (χ2v) is 7.65. The van der Waals surface area contributed by atoms with Crippen LogP contribution >= 0.6 is 0 Å². The average molecular weight is 335 g/mol. The molecule has 0 atom stereocenters. The first kappa shape index (κ1) is 18.5. The lowest BCUT2D eigenvalue weighted by molar-refractivity contribution is 0.0180. The van der Waals surface area contributed by atoms with Gasteiger partial charge in [-0.25, -0.2) is 9.78 Å². The fourth-order valence-electron chi connectivity index (χ4n) is 2.89. The van der Waals surface area contributed by atoms with Crippen molar-refractivity contribution >= 4 is 6.09 Å². The van der Waals surface area contributed by atoms with Gasteiger partial charge in [-0.3, -0.25) is 9.36 Å². The normalized spacial score (nSPS) is 16.3. The number of hydrogen-bond donors (Lipinski definition) is 0. The van der Waals surface area contributed by atoms with Crippen LogP contribution in [0.3, 0.4) is 0 Å². The lowest BCUT2D eigenvalue weighted by atomic mass is 9.94. The molecule has 134 valence electrons. The average Bonchev–Trinajstić information content (AvgIpc) is 2.51. The second kappa shape index (κ2) is 7.36. The number of carbonyl (C=O) groups is 1. The fraction of sp³-hybridized carbons (Fsp3) is 0.722. The Bertz CT molecular complexity index is 638. The quantitative estimate of drug-likeness (QED) is 0.852. The van der Waals surface area contributed by atoms with Crippen molar-refractivity contribution in [3.8, 4) is 0 Å². The summed E-state index contributed by atoms with van der Waals surface area (Å²) < 4.78 is 7.11. The molecule has 1 aliphatic rings. The van der Waals surface area contributed by atoms with E-state index in [-0.39, 0.29) is 11.7 Å². The van der Waals surface area contributed by atoms with Crippen LogP contribution in [0.5, 0.6) is 0 Å². The summed E-state index contributed by atoms with van der Waals surface area (Å²) in [6, 6.07) is 0. The molecular formula is C18H29N3O3. The van der Waals surface area contributed by atoms with Gasteiger partial charge in [-0.2, -0.15) is 0 Å². The topological polar surface area (TPSA) is 64.4 Å². The number of nitrogens with zero attached hydrogens (tertiary/aromatic N) is 3. The molecule has 6 heteroatoms. The summed E-state index contributed by atoms with van der Waals surface area (Å²) in [6.07, 6.45) is 4.25. The smallest absolute Gasteiger partial charge is 0.410 e. The van der Waals surface area contributed by atoms with Crippen LogP contribution in [0.2, 0.25) is 0 Å². The molecule has 0 radical (unpaired) electrons. The van der Waals surface area contributed by atoms with Gasteiger partial charge < -0.3 is 9.64 Å². The van der Waals surface area contributed by atoms with Gasteiger partial charge in [0.25, 0.3) is 5.56 Å². The highest BCUT2D eigenvalue weighted by Crippen LogP contribution is 2.22. The van der Waals surface area contributed by atoms with Crippen LogP contribution in [0.25, 0.3) is 0 Å². The highest BCUT2D eigenvalue weighted by molar-refractivity contribution is 5.68. The van der Waals surface area contributed by atoms with E-state index >= 15 is 0 Å². The lowest BCUT2D eigenvalue weighted by Crippen LogP contribution is -2.42. The third-order valence-electron chi connectivity index (χ3n) is 4.56. The van der Waals surface area contributed by atoms with Crippen LogP contribution in [-0.4, -0.2) is 39.2 Å².